The number of nitrogens with zero attached hydrogens (tertiary/aromatic N) is 3. The van der Waals surface area contributed by atoms with Gasteiger partial charge in [0, 0.05) is 11.8 Å². The minimum Gasteiger partial charge on any atom is -0.484 e. The van der Waals surface area contributed by atoms with Gasteiger partial charge in [0.1, 0.15) is 17.9 Å². The molecule has 150 valence electrons. The van der Waals surface area contributed by atoms with Gasteiger partial charge in [0.15, 0.2) is 6.61 Å². The van der Waals surface area contributed by atoms with Gasteiger partial charge in [0.05, 0.1) is 27.8 Å². The Morgan fingerprint density at radius 2 is 1.96 bits per heavy atom. The average molecular weight is 413 g/mol. The molecule has 0 saturated heterocycles. The fourth-order valence-electron chi connectivity index (χ4n) is 2.59. The molecule has 2 aromatic heterocycles. The van der Waals surface area contributed by atoms with Crippen LogP contribution in [0.1, 0.15) is 18.2 Å². The second kappa shape index (κ2) is 8.17. The molecule has 1 atom stereocenters. The quantitative estimate of drug-likeness (QED) is 0.594. The van der Waals surface area contributed by atoms with E-state index >= 15 is 0 Å². The van der Waals surface area contributed by atoms with Gasteiger partial charge in [-0.2, -0.15) is 17.9 Å². The molecule has 0 bridgehead atoms. The van der Waals surface area contributed by atoms with Crippen LogP contribution in [0.2, 0.25) is 0 Å². The molecule has 3 rings (SSSR count). The van der Waals surface area contributed by atoms with Crippen molar-refractivity contribution in [2.24, 2.45) is 0 Å². The van der Waals surface area contributed by atoms with Crippen molar-refractivity contribution in [3.05, 3.63) is 47.8 Å². The predicted octanol–water partition coefficient (Wildman–Crippen LogP) is 3.44. The van der Waals surface area contributed by atoms with Gasteiger partial charge in [0.2, 0.25) is 5.16 Å². The van der Waals surface area contributed by atoms with Crippen LogP contribution in [0.3, 0.4) is 0 Å². The van der Waals surface area contributed by atoms with E-state index in [-0.39, 0.29) is 16.7 Å². The third kappa shape index (κ3) is 4.44. The molecule has 0 aliphatic carbocycles. The summed E-state index contributed by atoms with van der Waals surface area (Å²) in [6, 6.07) is 8.56. The highest BCUT2D eigenvalue weighted by molar-refractivity contribution is 7.84. The Morgan fingerprint density at radius 3 is 2.68 bits per heavy atom. The van der Waals surface area contributed by atoms with Crippen molar-refractivity contribution in [3.63, 3.8) is 0 Å². The molecule has 0 amide bonds. The van der Waals surface area contributed by atoms with E-state index < -0.39 is 23.6 Å². The summed E-state index contributed by atoms with van der Waals surface area (Å²) in [5.74, 6) is 0.0171. The molecule has 6 nitrogen and oxygen atoms in total. The first-order valence-corrected chi connectivity index (χ1v) is 9.75. The standard InChI is InChI=1S/C18H18F3N3O3S/c1-3-27-24-15-7-5-4-6-13(15)23-17(24)28(25)10-14-12(2)16(8-9-22-14)26-11-18(19,20)21/h4-9H,3,10-11H2,1-2H3. The Hall–Kier alpha value is -2.62. The van der Waals surface area contributed by atoms with Crippen LogP contribution in [0.25, 0.3) is 11.0 Å². The van der Waals surface area contributed by atoms with E-state index in [2.05, 4.69) is 9.97 Å². The van der Waals surface area contributed by atoms with Crippen LogP contribution >= 0.6 is 0 Å². The van der Waals surface area contributed by atoms with Gasteiger partial charge in [-0.05, 0) is 32.0 Å². The highest BCUT2D eigenvalue weighted by atomic mass is 32.2. The van der Waals surface area contributed by atoms with Crippen molar-refractivity contribution in [3.8, 4) is 5.75 Å². The first-order valence-electron chi connectivity index (χ1n) is 8.43. The number of benzene rings is 1. The topological polar surface area (TPSA) is 66.2 Å². The predicted molar refractivity (Wildman–Crippen MR) is 97.5 cm³/mol. The third-order valence-electron chi connectivity index (χ3n) is 3.87. The molecule has 1 unspecified atom stereocenters. The van der Waals surface area contributed by atoms with E-state index in [0.717, 1.165) is 0 Å². The van der Waals surface area contributed by atoms with Gasteiger partial charge in [-0.25, -0.2) is 4.98 Å². The van der Waals surface area contributed by atoms with Crippen LogP contribution in [0.15, 0.2) is 41.7 Å². The summed E-state index contributed by atoms with van der Waals surface area (Å²) in [5.41, 5.74) is 2.08. The molecule has 0 fully saturated rings. The number of para-hydroxylation sites is 2. The summed E-state index contributed by atoms with van der Waals surface area (Å²) in [6.45, 7) is 2.33. The van der Waals surface area contributed by atoms with Crippen molar-refractivity contribution in [1.82, 2.24) is 14.7 Å². The lowest BCUT2D eigenvalue weighted by Crippen LogP contribution is -2.20. The molecule has 0 N–H and O–H groups in total. The lowest BCUT2D eigenvalue weighted by molar-refractivity contribution is -0.153. The molecular formula is C18H18F3N3O3S. The van der Waals surface area contributed by atoms with Gasteiger partial charge in [-0.3, -0.25) is 9.19 Å². The second-order valence-corrected chi connectivity index (χ2v) is 7.21. The number of hydrogen-bond donors (Lipinski definition) is 0. The summed E-state index contributed by atoms with van der Waals surface area (Å²) in [4.78, 5) is 14.1. The molecule has 0 aliphatic rings. The Balaban J connectivity index is 1.87. The Bertz CT molecular complexity index is 1000. The molecule has 10 heteroatoms. The van der Waals surface area contributed by atoms with E-state index in [0.29, 0.717) is 28.9 Å². The first-order chi connectivity index (χ1) is 13.3. The minimum atomic E-state index is -4.44. The van der Waals surface area contributed by atoms with E-state index in [1.54, 1.807) is 26.0 Å². The lowest BCUT2D eigenvalue weighted by atomic mass is 10.2. The van der Waals surface area contributed by atoms with Crippen molar-refractivity contribution in [1.29, 1.82) is 0 Å². The third-order valence-corrected chi connectivity index (χ3v) is 5.07. The first kappa shape index (κ1) is 20.1. The van der Waals surface area contributed by atoms with Crippen LogP contribution in [0.4, 0.5) is 13.2 Å². The highest BCUT2D eigenvalue weighted by Gasteiger charge is 2.29. The molecule has 1 aromatic carbocycles. The summed E-state index contributed by atoms with van der Waals surface area (Å²) in [6.07, 6.45) is -3.11. The van der Waals surface area contributed by atoms with Crippen LogP contribution in [0.5, 0.6) is 5.75 Å². The van der Waals surface area contributed by atoms with Crippen molar-refractivity contribution in [2.45, 2.75) is 30.9 Å². The molecule has 28 heavy (non-hydrogen) atoms. The zero-order valence-corrected chi connectivity index (χ0v) is 16.0. The number of aromatic nitrogens is 3. The smallest absolute Gasteiger partial charge is 0.422 e. The van der Waals surface area contributed by atoms with Gasteiger partial charge >= 0.3 is 6.18 Å². The fraction of sp³-hybridized carbons (Fsp3) is 0.333. The normalized spacial score (nSPS) is 12.9. The van der Waals surface area contributed by atoms with E-state index in [1.807, 2.05) is 12.1 Å². The summed E-state index contributed by atoms with van der Waals surface area (Å²) in [7, 11) is -1.63. The summed E-state index contributed by atoms with van der Waals surface area (Å²) < 4.78 is 56.4. The Labute approximate surface area is 161 Å². The number of hydrogen-bond acceptors (Lipinski definition) is 5. The molecule has 0 radical (unpaired) electrons. The highest BCUT2D eigenvalue weighted by Crippen LogP contribution is 2.25. The maximum Gasteiger partial charge on any atom is 0.422 e. The van der Waals surface area contributed by atoms with E-state index in [1.165, 1.54) is 17.0 Å². The SMILES string of the molecule is CCOn1c(S(=O)Cc2nccc(OCC(F)(F)F)c2C)nc2ccccc21. The molecule has 3 aromatic rings. The van der Waals surface area contributed by atoms with Crippen molar-refractivity contribution < 1.29 is 27.0 Å². The number of imidazole rings is 1. The Kier molecular flexibility index (Phi) is 5.87. The fourth-order valence-corrected chi connectivity index (χ4v) is 3.79. The maximum atomic E-state index is 12.9. The number of alkyl halides is 3. The van der Waals surface area contributed by atoms with Crippen LogP contribution in [-0.4, -0.2) is 38.3 Å². The van der Waals surface area contributed by atoms with Gasteiger partial charge in [-0.1, -0.05) is 12.1 Å². The number of ether oxygens (including phenoxy) is 1. The Morgan fingerprint density at radius 1 is 1.21 bits per heavy atom. The van der Waals surface area contributed by atoms with Gasteiger partial charge in [0.25, 0.3) is 0 Å². The van der Waals surface area contributed by atoms with Crippen molar-refractivity contribution in [2.75, 3.05) is 13.2 Å². The molecule has 0 aliphatic heterocycles. The largest absolute Gasteiger partial charge is 0.484 e. The van der Waals surface area contributed by atoms with E-state index in [4.69, 9.17) is 9.57 Å². The number of halogens is 3. The van der Waals surface area contributed by atoms with Gasteiger partial charge < -0.3 is 9.57 Å². The minimum absolute atomic E-state index is 0.0363. The van der Waals surface area contributed by atoms with E-state index in [9.17, 15) is 17.4 Å². The van der Waals surface area contributed by atoms with Crippen molar-refractivity contribution >= 4 is 21.8 Å². The average Bonchev–Trinajstić information content (AvgIpc) is 3.01. The summed E-state index contributed by atoms with van der Waals surface area (Å²) in [5, 5.41) is 0.214. The van der Waals surface area contributed by atoms with Crippen LogP contribution in [0, 0.1) is 6.92 Å². The molecular weight excluding hydrogens is 395 g/mol. The zero-order chi connectivity index (χ0) is 20.3. The molecule has 2 heterocycles. The van der Waals surface area contributed by atoms with Crippen LogP contribution in [-0.2, 0) is 16.6 Å². The van der Waals surface area contributed by atoms with Gasteiger partial charge in [-0.15, -0.1) is 0 Å². The number of rotatable bonds is 7. The number of pyridine rings is 1. The monoisotopic (exact) mass is 413 g/mol. The second-order valence-electron chi connectivity index (χ2n) is 5.87. The molecule has 0 spiro atoms. The molecule has 0 saturated carbocycles. The lowest BCUT2D eigenvalue weighted by Gasteiger charge is -2.13. The maximum absolute atomic E-state index is 12.9. The van der Waals surface area contributed by atoms with Crippen LogP contribution < -0.4 is 9.57 Å². The summed E-state index contributed by atoms with van der Waals surface area (Å²) >= 11 is 0. The number of fused-ring (bicyclic) bond motifs is 1. The zero-order valence-electron chi connectivity index (χ0n) is 15.2.